The molecular formula is C17H13F6NO3S2. The maximum absolute atomic E-state index is 12.9. The molecule has 0 aliphatic rings. The molecule has 1 N–H and O–H groups in total. The minimum Gasteiger partial charge on any atom is -0.465 e. The number of carbonyl (C=O) groups is 2. The Bertz CT molecular complexity index is 889. The summed E-state index contributed by atoms with van der Waals surface area (Å²) in [4.78, 5) is 23.6. The van der Waals surface area contributed by atoms with Crippen LogP contribution in [0.1, 0.15) is 26.4 Å². The summed E-state index contributed by atoms with van der Waals surface area (Å²) in [6, 6.07) is 1.10. The number of esters is 1. The maximum Gasteiger partial charge on any atom is 0.416 e. The fraction of sp³-hybridized carbons (Fsp3) is 0.294. The lowest BCUT2D eigenvalue weighted by Crippen LogP contribution is -2.17. The zero-order valence-corrected chi connectivity index (χ0v) is 16.5. The molecule has 1 aromatic heterocycles. The van der Waals surface area contributed by atoms with Crippen molar-refractivity contribution in [3.63, 3.8) is 0 Å². The highest BCUT2D eigenvalue weighted by atomic mass is 32.2. The van der Waals surface area contributed by atoms with Crippen molar-refractivity contribution in [1.82, 2.24) is 0 Å². The lowest BCUT2D eigenvalue weighted by atomic mass is 10.1. The molecule has 0 fully saturated rings. The molecule has 2 rings (SSSR count). The molecule has 1 aromatic carbocycles. The second-order valence-corrected chi connectivity index (χ2v) is 7.62. The van der Waals surface area contributed by atoms with Gasteiger partial charge < -0.3 is 10.1 Å². The Morgan fingerprint density at radius 2 is 1.62 bits per heavy atom. The van der Waals surface area contributed by atoms with Crippen LogP contribution >= 0.6 is 23.1 Å². The first-order chi connectivity index (χ1) is 13.3. The van der Waals surface area contributed by atoms with Crippen LogP contribution in [0.3, 0.4) is 0 Å². The minimum atomic E-state index is -4.97. The third-order valence-corrected chi connectivity index (χ3v) is 5.59. The van der Waals surface area contributed by atoms with Crippen LogP contribution in [-0.4, -0.2) is 24.7 Å². The van der Waals surface area contributed by atoms with Gasteiger partial charge in [-0.05, 0) is 36.1 Å². The number of nitrogens with one attached hydrogen (secondary N) is 1. The van der Waals surface area contributed by atoms with Gasteiger partial charge >= 0.3 is 18.3 Å². The monoisotopic (exact) mass is 457 g/mol. The average molecular weight is 457 g/mol. The normalized spacial score (nSPS) is 12.0. The first-order valence-electron chi connectivity index (χ1n) is 7.71. The number of thiophene rings is 1. The van der Waals surface area contributed by atoms with Crippen molar-refractivity contribution in [2.75, 3.05) is 18.2 Å². The van der Waals surface area contributed by atoms with E-state index in [1.54, 1.807) is 12.3 Å². The molecule has 0 aliphatic carbocycles. The highest BCUT2D eigenvalue weighted by Crippen LogP contribution is 2.38. The molecule has 0 bridgehead atoms. The molecule has 1 heterocycles. The van der Waals surface area contributed by atoms with Gasteiger partial charge in [0.2, 0.25) is 5.91 Å². The molecule has 0 saturated heterocycles. The molecule has 0 saturated carbocycles. The van der Waals surface area contributed by atoms with Gasteiger partial charge in [0.25, 0.3) is 0 Å². The van der Waals surface area contributed by atoms with E-state index < -0.39 is 41.1 Å². The zero-order chi connectivity index (χ0) is 22.0. The summed E-state index contributed by atoms with van der Waals surface area (Å²) in [6.45, 7) is 1.62. The van der Waals surface area contributed by atoms with Crippen molar-refractivity contribution in [2.45, 2.75) is 24.2 Å². The van der Waals surface area contributed by atoms with E-state index in [0.717, 1.165) is 18.4 Å². The molecule has 0 aliphatic heterocycles. The van der Waals surface area contributed by atoms with Gasteiger partial charge in [-0.3, -0.25) is 4.79 Å². The number of ether oxygens (including phenoxy) is 1. The van der Waals surface area contributed by atoms with Crippen LogP contribution in [0.4, 0.5) is 32.0 Å². The van der Waals surface area contributed by atoms with Crippen LogP contribution in [-0.2, 0) is 21.9 Å². The van der Waals surface area contributed by atoms with Gasteiger partial charge in [0, 0.05) is 4.90 Å². The smallest absolute Gasteiger partial charge is 0.416 e. The average Bonchev–Trinajstić information content (AvgIpc) is 2.98. The third-order valence-electron chi connectivity index (χ3n) is 3.54. The summed E-state index contributed by atoms with van der Waals surface area (Å²) in [7, 11) is 1.16. The van der Waals surface area contributed by atoms with Gasteiger partial charge in [-0.25, -0.2) is 4.79 Å². The number of alkyl halides is 6. The molecule has 158 valence electrons. The summed E-state index contributed by atoms with van der Waals surface area (Å²) in [5.74, 6) is -1.85. The van der Waals surface area contributed by atoms with Crippen LogP contribution in [0.15, 0.2) is 28.5 Å². The van der Waals surface area contributed by atoms with Gasteiger partial charge in [-0.1, -0.05) is 0 Å². The highest BCUT2D eigenvalue weighted by Gasteiger charge is 2.37. The Balaban J connectivity index is 2.19. The maximum atomic E-state index is 12.9. The predicted molar refractivity (Wildman–Crippen MR) is 96.2 cm³/mol. The lowest BCUT2D eigenvalue weighted by molar-refractivity contribution is -0.143. The summed E-state index contributed by atoms with van der Waals surface area (Å²) in [5, 5.41) is 4.03. The number of hydrogen-bond acceptors (Lipinski definition) is 5. The van der Waals surface area contributed by atoms with E-state index in [-0.39, 0.29) is 21.5 Å². The fourth-order valence-corrected chi connectivity index (χ4v) is 3.89. The summed E-state index contributed by atoms with van der Waals surface area (Å²) < 4.78 is 81.9. The number of thioether (sulfide) groups is 1. The Morgan fingerprint density at radius 3 is 2.10 bits per heavy atom. The molecule has 0 radical (unpaired) electrons. The van der Waals surface area contributed by atoms with Gasteiger partial charge in [-0.2, -0.15) is 26.3 Å². The first kappa shape index (κ1) is 23.1. The summed E-state index contributed by atoms with van der Waals surface area (Å²) in [6.07, 6.45) is -9.94. The number of halogens is 6. The fourth-order valence-electron chi connectivity index (χ4n) is 2.18. The topological polar surface area (TPSA) is 55.4 Å². The van der Waals surface area contributed by atoms with E-state index in [0.29, 0.717) is 29.5 Å². The van der Waals surface area contributed by atoms with E-state index in [9.17, 15) is 35.9 Å². The quantitative estimate of drug-likeness (QED) is 0.360. The van der Waals surface area contributed by atoms with Gasteiger partial charge in [0.15, 0.2) is 0 Å². The van der Waals surface area contributed by atoms with E-state index >= 15 is 0 Å². The molecule has 0 unspecified atom stereocenters. The number of amides is 1. The Morgan fingerprint density at radius 1 is 1.07 bits per heavy atom. The number of methoxy groups -OCH3 is 1. The molecule has 2 aromatic rings. The predicted octanol–water partition coefficient (Wildman–Crippen LogP) is 5.61. The zero-order valence-electron chi connectivity index (χ0n) is 14.8. The van der Waals surface area contributed by atoms with E-state index in [1.165, 1.54) is 0 Å². The number of hydrogen-bond donors (Lipinski definition) is 1. The van der Waals surface area contributed by atoms with Crippen molar-refractivity contribution >= 4 is 40.7 Å². The standard InChI is InChI=1S/C17H13F6NO3S2/c1-8-6-29-14(15(26)27-2)13(8)24-12(25)7-28-11-4-9(16(18,19)20)3-10(5-11)17(21,22)23/h3-6H,7H2,1-2H3,(H,24,25). The van der Waals surface area contributed by atoms with Crippen LogP contribution < -0.4 is 5.32 Å². The van der Waals surface area contributed by atoms with Gasteiger partial charge in [0.1, 0.15) is 4.88 Å². The van der Waals surface area contributed by atoms with Gasteiger partial charge in [-0.15, -0.1) is 23.1 Å². The van der Waals surface area contributed by atoms with Crippen LogP contribution in [0.2, 0.25) is 0 Å². The van der Waals surface area contributed by atoms with Crippen LogP contribution in [0, 0.1) is 6.92 Å². The molecular weight excluding hydrogens is 444 g/mol. The molecule has 4 nitrogen and oxygen atoms in total. The van der Waals surface area contributed by atoms with E-state index in [1.807, 2.05) is 0 Å². The Kier molecular flexibility index (Phi) is 6.89. The lowest BCUT2D eigenvalue weighted by Gasteiger charge is -2.14. The Labute approximate surface area is 169 Å². The molecule has 1 amide bonds. The number of benzene rings is 1. The van der Waals surface area contributed by atoms with Gasteiger partial charge in [0.05, 0.1) is 29.7 Å². The SMILES string of the molecule is COC(=O)c1scc(C)c1NC(=O)CSc1cc(C(F)(F)F)cc(C(F)(F)F)c1. The summed E-state index contributed by atoms with van der Waals surface area (Å²) >= 11 is 1.54. The van der Waals surface area contributed by atoms with Crippen molar-refractivity contribution < 1.29 is 40.7 Å². The van der Waals surface area contributed by atoms with E-state index in [4.69, 9.17) is 0 Å². The second-order valence-electron chi connectivity index (χ2n) is 5.69. The molecule has 0 atom stereocenters. The second kappa shape index (κ2) is 8.66. The largest absolute Gasteiger partial charge is 0.465 e. The van der Waals surface area contributed by atoms with Crippen LogP contribution in [0.5, 0.6) is 0 Å². The molecule has 29 heavy (non-hydrogen) atoms. The van der Waals surface area contributed by atoms with E-state index in [2.05, 4.69) is 10.1 Å². The van der Waals surface area contributed by atoms with Crippen molar-refractivity contribution in [3.8, 4) is 0 Å². The summed E-state index contributed by atoms with van der Waals surface area (Å²) in [5.41, 5.74) is -2.17. The van der Waals surface area contributed by atoms with Crippen LogP contribution in [0.25, 0.3) is 0 Å². The van der Waals surface area contributed by atoms with Crippen molar-refractivity contribution in [2.24, 2.45) is 0 Å². The highest BCUT2D eigenvalue weighted by molar-refractivity contribution is 8.00. The minimum absolute atomic E-state index is 0.0154. The third kappa shape index (κ3) is 5.89. The van der Waals surface area contributed by atoms with Crippen molar-refractivity contribution in [1.29, 1.82) is 0 Å². The first-order valence-corrected chi connectivity index (χ1v) is 9.58. The molecule has 0 spiro atoms. The van der Waals surface area contributed by atoms with Crippen molar-refractivity contribution in [3.05, 3.63) is 45.1 Å². The molecule has 12 heteroatoms. The number of rotatable bonds is 5. The number of aryl methyl sites for hydroxylation is 1. The number of carbonyl (C=O) groups excluding carboxylic acids is 2. The number of anilines is 1. The Hall–Kier alpha value is -2.21.